The molecule has 0 aliphatic heterocycles. The van der Waals surface area contributed by atoms with E-state index in [1.54, 1.807) is 0 Å². The van der Waals surface area contributed by atoms with Crippen LogP contribution in [0.2, 0.25) is 0 Å². The van der Waals surface area contributed by atoms with Crippen LogP contribution in [-0.4, -0.2) is 10.6 Å². The van der Waals surface area contributed by atoms with E-state index in [9.17, 15) is 4.79 Å². The van der Waals surface area contributed by atoms with Crippen molar-refractivity contribution >= 4 is 21.7 Å². The molecule has 4 fully saturated rings. The maximum absolute atomic E-state index is 12.6. The molecule has 0 spiro atoms. The third-order valence-corrected chi connectivity index (χ3v) is 12.2. The molecular weight excluding hydrogens is 432 g/mol. The average Bonchev–Trinajstić information content (AvgIpc) is 3.01. The summed E-state index contributed by atoms with van der Waals surface area (Å²) < 4.78 is 0. The number of carbonyl (C=O) groups is 1. The van der Waals surface area contributed by atoms with E-state index in [-0.39, 0.29) is 10.2 Å². The predicted octanol–water partition coefficient (Wildman–Crippen LogP) is 8.44. The molecule has 4 rings (SSSR count). The lowest BCUT2D eigenvalue weighted by atomic mass is 9.40. The molecule has 172 valence electrons. The SMILES string of the molecule is CC(C)CCC[C@H](C)[C@@H]1CC[C@H]2[C@H]3CC[C@@]4(C)CC(=O)[C@H](Br)C[C@]4(C)[C@@H]3CC[C@@]21C. The van der Waals surface area contributed by atoms with E-state index >= 15 is 0 Å². The van der Waals surface area contributed by atoms with Crippen LogP contribution in [0.5, 0.6) is 0 Å². The summed E-state index contributed by atoms with van der Waals surface area (Å²) in [6.45, 7) is 15.0. The summed E-state index contributed by atoms with van der Waals surface area (Å²) in [4.78, 5) is 12.7. The molecule has 4 aliphatic rings. The van der Waals surface area contributed by atoms with Crippen LogP contribution >= 0.6 is 15.9 Å². The van der Waals surface area contributed by atoms with Crippen LogP contribution in [0, 0.1) is 51.8 Å². The van der Waals surface area contributed by atoms with Crippen molar-refractivity contribution in [1.29, 1.82) is 0 Å². The largest absolute Gasteiger partial charge is 0.298 e. The van der Waals surface area contributed by atoms with E-state index in [1.165, 1.54) is 57.8 Å². The minimum atomic E-state index is 0.0972. The number of hydrogen-bond acceptors (Lipinski definition) is 1. The Kier molecular flexibility index (Phi) is 6.35. The van der Waals surface area contributed by atoms with Crippen LogP contribution in [0.1, 0.15) is 112 Å². The standard InChI is InChI=1S/C28H47BrO/c1-18(2)8-7-9-19(3)21-10-11-22-20-12-14-26(4)17-25(30)24(29)16-28(26,6)23(20)13-15-27(21,22)5/h18-24H,7-17H2,1-6H3/t19-,20+,21-,22-,23+,24+,26-,27+,28+/m0/s1. The second-order valence-corrected chi connectivity index (χ2v) is 14.3. The second-order valence-electron chi connectivity index (χ2n) is 13.2. The minimum absolute atomic E-state index is 0.0972. The van der Waals surface area contributed by atoms with Crippen LogP contribution in [0.3, 0.4) is 0 Å². The lowest BCUT2D eigenvalue weighted by Gasteiger charge is -2.65. The number of rotatable bonds is 5. The lowest BCUT2D eigenvalue weighted by molar-refractivity contribution is -0.162. The van der Waals surface area contributed by atoms with Crippen molar-refractivity contribution in [2.45, 2.75) is 117 Å². The van der Waals surface area contributed by atoms with Gasteiger partial charge in [0.05, 0.1) is 4.83 Å². The first-order valence-electron chi connectivity index (χ1n) is 13.2. The molecular formula is C28H47BrO. The highest BCUT2D eigenvalue weighted by Gasteiger charge is 2.64. The normalized spacial score (nSPS) is 49.5. The van der Waals surface area contributed by atoms with Crippen molar-refractivity contribution in [2.24, 2.45) is 51.8 Å². The quantitative estimate of drug-likeness (QED) is 0.362. The van der Waals surface area contributed by atoms with Gasteiger partial charge in [-0.15, -0.1) is 0 Å². The molecule has 0 saturated heterocycles. The summed E-state index contributed by atoms with van der Waals surface area (Å²) in [6.07, 6.45) is 14.6. The zero-order valence-corrected chi connectivity index (χ0v) is 22.2. The van der Waals surface area contributed by atoms with Crippen LogP contribution in [0.15, 0.2) is 0 Å². The van der Waals surface area contributed by atoms with Crippen LogP contribution in [0.4, 0.5) is 0 Å². The monoisotopic (exact) mass is 478 g/mol. The Hall–Kier alpha value is 0.150. The Morgan fingerprint density at radius 3 is 2.40 bits per heavy atom. The third kappa shape index (κ3) is 3.58. The van der Waals surface area contributed by atoms with Crippen molar-refractivity contribution < 1.29 is 4.79 Å². The molecule has 9 atom stereocenters. The molecule has 30 heavy (non-hydrogen) atoms. The molecule has 1 nitrogen and oxygen atoms in total. The molecule has 0 aromatic heterocycles. The molecule has 4 saturated carbocycles. The fourth-order valence-corrected chi connectivity index (χ4v) is 10.2. The van der Waals surface area contributed by atoms with Crippen LogP contribution < -0.4 is 0 Å². The first-order chi connectivity index (χ1) is 14.0. The number of halogens is 1. The van der Waals surface area contributed by atoms with E-state index in [1.807, 2.05) is 0 Å². The number of ketones is 1. The Balaban J connectivity index is 1.52. The summed E-state index contributed by atoms with van der Waals surface area (Å²) in [5.74, 6) is 5.80. The van der Waals surface area contributed by atoms with Gasteiger partial charge in [0.1, 0.15) is 5.78 Å². The second kappa shape index (κ2) is 8.18. The van der Waals surface area contributed by atoms with Gasteiger partial charge in [0.2, 0.25) is 0 Å². The van der Waals surface area contributed by atoms with Crippen molar-refractivity contribution in [1.82, 2.24) is 0 Å². The van der Waals surface area contributed by atoms with Gasteiger partial charge in [-0.3, -0.25) is 4.79 Å². The van der Waals surface area contributed by atoms with Gasteiger partial charge in [0, 0.05) is 6.42 Å². The first kappa shape index (κ1) is 23.3. The maximum atomic E-state index is 12.6. The molecule has 4 aliphatic carbocycles. The maximum Gasteiger partial charge on any atom is 0.147 e. The zero-order valence-electron chi connectivity index (χ0n) is 20.6. The molecule has 2 heteroatoms. The number of alkyl halides is 1. The average molecular weight is 480 g/mol. The van der Waals surface area contributed by atoms with Gasteiger partial charge in [-0.05, 0) is 96.7 Å². The van der Waals surface area contributed by atoms with Gasteiger partial charge in [0.15, 0.2) is 0 Å². The van der Waals surface area contributed by atoms with E-state index in [0.717, 1.165) is 48.3 Å². The highest BCUT2D eigenvalue weighted by Crippen LogP contribution is 2.71. The number of carbonyl (C=O) groups excluding carboxylic acids is 1. The first-order valence-corrected chi connectivity index (χ1v) is 14.1. The molecule has 0 radical (unpaired) electrons. The molecule has 0 bridgehead atoms. The Labute approximate surface area is 195 Å². The smallest absolute Gasteiger partial charge is 0.147 e. The van der Waals surface area contributed by atoms with Crippen molar-refractivity contribution in [3.63, 3.8) is 0 Å². The van der Waals surface area contributed by atoms with Gasteiger partial charge in [-0.2, -0.15) is 0 Å². The Morgan fingerprint density at radius 2 is 1.70 bits per heavy atom. The molecule has 0 aromatic carbocycles. The molecule has 0 heterocycles. The summed E-state index contributed by atoms with van der Waals surface area (Å²) in [7, 11) is 0. The highest BCUT2D eigenvalue weighted by atomic mass is 79.9. The van der Waals surface area contributed by atoms with Crippen molar-refractivity contribution in [3.8, 4) is 0 Å². The fourth-order valence-electron chi connectivity index (χ4n) is 9.39. The summed E-state index contributed by atoms with van der Waals surface area (Å²) in [5.41, 5.74) is 1.13. The van der Waals surface area contributed by atoms with Gasteiger partial charge in [-0.25, -0.2) is 0 Å². The van der Waals surface area contributed by atoms with E-state index < -0.39 is 0 Å². The number of hydrogen-bond donors (Lipinski definition) is 0. The van der Waals surface area contributed by atoms with Crippen LogP contribution in [0.25, 0.3) is 0 Å². The molecule has 0 aromatic rings. The van der Waals surface area contributed by atoms with E-state index in [4.69, 9.17) is 0 Å². The van der Waals surface area contributed by atoms with Gasteiger partial charge < -0.3 is 0 Å². The fraction of sp³-hybridized carbons (Fsp3) is 0.964. The number of Topliss-reactive ketones (excluding diaryl/α,β-unsaturated/α-hetero) is 1. The summed E-state index contributed by atoms with van der Waals surface area (Å²) in [5, 5.41) is 0. The van der Waals surface area contributed by atoms with Crippen molar-refractivity contribution in [2.75, 3.05) is 0 Å². The van der Waals surface area contributed by atoms with E-state index in [2.05, 4.69) is 57.5 Å². The predicted molar refractivity (Wildman–Crippen MR) is 131 cm³/mol. The van der Waals surface area contributed by atoms with Crippen molar-refractivity contribution in [3.05, 3.63) is 0 Å². The van der Waals surface area contributed by atoms with Gasteiger partial charge in [-0.1, -0.05) is 76.7 Å². The zero-order chi connectivity index (χ0) is 21.9. The molecule has 0 N–H and O–H groups in total. The molecule has 0 unspecified atom stereocenters. The Bertz CT molecular complexity index is 657. The third-order valence-electron chi connectivity index (χ3n) is 11.4. The minimum Gasteiger partial charge on any atom is -0.298 e. The van der Waals surface area contributed by atoms with Gasteiger partial charge >= 0.3 is 0 Å². The number of fused-ring (bicyclic) bond motifs is 5. The topological polar surface area (TPSA) is 17.1 Å². The lowest BCUT2D eigenvalue weighted by Crippen LogP contribution is -2.59. The summed E-state index contributed by atoms with van der Waals surface area (Å²) >= 11 is 3.77. The highest BCUT2D eigenvalue weighted by molar-refractivity contribution is 9.10. The van der Waals surface area contributed by atoms with Crippen LogP contribution in [-0.2, 0) is 4.79 Å². The summed E-state index contributed by atoms with van der Waals surface area (Å²) in [6, 6.07) is 0. The Morgan fingerprint density at radius 1 is 0.967 bits per heavy atom. The molecule has 0 amide bonds. The van der Waals surface area contributed by atoms with E-state index in [0.29, 0.717) is 16.6 Å². The van der Waals surface area contributed by atoms with Gasteiger partial charge in [0.25, 0.3) is 0 Å².